The van der Waals surface area contributed by atoms with Gasteiger partial charge in [0.05, 0.1) is 25.2 Å². The number of carboxylic acids is 1. The second-order valence-electron chi connectivity index (χ2n) is 3.55. The van der Waals surface area contributed by atoms with Crippen LogP contribution in [0.1, 0.15) is 6.42 Å². The van der Waals surface area contributed by atoms with E-state index in [4.69, 9.17) is 20.7 Å². The molecule has 6 N–H and O–H groups in total. The maximum Gasteiger partial charge on any atom is 0.306 e. The van der Waals surface area contributed by atoms with Gasteiger partial charge in [0.25, 0.3) is 0 Å². The number of rotatable bonds is 3. The van der Waals surface area contributed by atoms with Crippen LogP contribution in [-0.2, 0) is 9.53 Å². The van der Waals surface area contributed by atoms with Crippen molar-refractivity contribution in [3.63, 3.8) is 0 Å². The third kappa shape index (κ3) is 2.64. The maximum absolute atomic E-state index is 10.5. The Morgan fingerprint density at radius 1 is 1.27 bits per heavy atom. The van der Waals surface area contributed by atoms with Crippen molar-refractivity contribution in [3.05, 3.63) is 0 Å². The van der Waals surface area contributed by atoms with Crippen molar-refractivity contribution in [1.29, 1.82) is 0 Å². The zero-order valence-electron chi connectivity index (χ0n) is 7.98. The van der Waals surface area contributed by atoms with Crippen LogP contribution in [-0.4, -0.2) is 63.5 Å². The van der Waals surface area contributed by atoms with Crippen molar-refractivity contribution < 1.29 is 30.0 Å². The Bertz CT molecular complexity index is 233. The zero-order valence-corrected chi connectivity index (χ0v) is 7.98. The van der Waals surface area contributed by atoms with E-state index < -0.39 is 43.0 Å². The smallest absolute Gasteiger partial charge is 0.306 e. The van der Waals surface area contributed by atoms with E-state index in [1.54, 1.807) is 0 Å². The first kappa shape index (κ1) is 12.3. The minimum Gasteiger partial charge on any atom is -0.481 e. The van der Waals surface area contributed by atoms with Crippen LogP contribution in [0, 0.1) is 0 Å². The summed E-state index contributed by atoms with van der Waals surface area (Å²) in [7, 11) is 0. The summed E-state index contributed by atoms with van der Waals surface area (Å²) >= 11 is 0. The van der Waals surface area contributed by atoms with Crippen LogP contribution in [0.5, 0.6) is 0 Å². The molecule has 0 spiro atoms. The van der Waals surface area contributed by atoms with Gasteiger partial charge < -0.3 is 30.9 Å². The highest BCUT2D eigenvalue weighted by molar-refractivity contribution is 5.67. The molecule has 15 heavy (non-hydrogen) atoms. The van der Waals surface area contributed by atoms with E-state index in [-0.39, 0.29) is 6.42 Å². The van der Waals surface area contributed by atoms with E-state index >= 15 is 0 Å². The molecule has 7 heteroatoms. The minimum atomic E-state index is -1.30. The van der Waals surface area contributed by atoms with Gasteiger partial charge >= 0.3 is 5.97 Å². The third-order valence-electron chi connectivity index (χ3n) is 2.46. The van der Waals surface area contributed by atoms with Gasteiger partial charge in [-0.15, -0.1) is 0 Å². The van der Waals surface area contributed by atoms with Crippen molar-refractivity contribution in [3.8, 4) is 0 Å². The first-order valence-electron chi connectivity index (χ1n) is 4.57. The van der Waals surface area contributed by atoms with Gasteiger partial charge in [0.1, 0.15) is 18.3 Å². The van der Waals surface area contributed by atoms with E-state index in [1.165, 1.54) is 0 Å². The second kappa shape index (κ2) is 4.86. The van der Waals surface area contributed by atoms with Crippen molar-refractivity contribution in [1.82, 2.24) is 0 Å². The van der Waals surface area contributed by atoms with Gasteiger partial charge in [-0.3, -0.25) is 4.79 Å². The summed E-state index contributed by atoms with van der Waals surface area (Å²) in [4.78, 5) is 10.5. The Hall–Kier alpha value is -0.730. The summed E-state index contributed by atoms with van der Waals surface area (Å²) in [5, 5.41) is 36.3. The summed E-state index contributed by atoms with van der Waals surface area (Å²) in [6.45, 7) is -0.499. The molecule has 0 amide bonds. The van der Waals surface area contributed by atoms with E-state index in [0.29, 0.717) is 0 Å². The molecule has 0 saturated carbocycles. The van der Waals surface area contributed by atoms with Crippen LogP contribution in [0.4, 0.5) is 0 Å². The lowest BCUT2D eigenvalue weighted by Gasteiger charge is -2.40. The van der Waals surface area contributed by atoms with E-state index in [0.717, 1.165) is 0 Å². The first-order valence-corrected chi connectivity index (χ1v) is 4.57. The number of carboxylic acid groups (broad SMARTS) is 1. The topological polar surface area (TPSA) is 133 Å². The molecule has 0 aromatic carbocycles. The van der Waals surface area contributed by atoms with Crippen molar-refractivity contribution in [2.75, 3.05) is 6.61 Å². The van der Waals surface area contributed by atoms with Crippen LogP contribution in [0.3, 0.4) is 0 Å². The molecule has 0 aromatic rings. The van der Waals surface area contributed by atoms with E-state index in [2.05, 4.69) is 0 Å². The van der Waals surface area contributed by atoms with Gasteiger partial charge in [0.15, 0.2) is 0 Å². The third-order valence-corrected chi connectivity index (χ3v) is 2.46. The number of hydrogen-bond acceptors (Lipinski definition) is 6. The first-order chi connectivity index (χ1) is 6.97. The van der Waals surface area contributed by atoms with Crippen molar-refractivity contribution in [2.24, 2.45) is 5.73 Å². The average Bonchev–Trinajstić information content (AvgIpc) is 2.18. The van der Waals surface area contributed by atoms with Gasteiger partial charge in [-0.2, -0.15) is 0 Å². The van der Waals surface area contributed by atoms with Crippen LogP contribution in [0.2, 0.25) is 0 Å². The van der Waals surface area contributed by atoms with Crippen LogP contribution >= 0.6 is 0 Å². The summed E-state index contributed by atoms with van der Waals surface area (Å²) in [5.41, 5.74) is 5.50. The lowest BCUT2D eigenvalue weighted by atomic mass is 9.92. The Morgan fingerprint density at radius 3 is 2.33 bits per heavy atom. The average molecular weight is 221 g/mol. The molecule has 0 aromatic heterocycles. The molecule has 1 saturated heterocycles. The summed E-state index contributed by atoms with van der Waals surface area (Å²) in [6.07, 6.45) is -4.86. The Balaban J connectivity index is 2.69. The minimum absolute atomic E-state index is 0.374. The fourth-order valence-corrected chi connectivity index (χ4v) is 1.57. The molecule has 1 aliphatic heterocycles. The highest BCUT2D eigenvalue weighted by Gasteiger charge is 2.42. The molecule has 2 unspecified atom stereocenters. The summed E-state index contributed by atoms with van der Waals surface area (Å²) in [5.74, 6) is -1.12. The van der Waals surface area contributed by atoms with Gasteiger partial charge in [-0.05, 0) is 0 Å². The number of hydrogen-bond donors (Lipinski definition) is 5. The fourth-order valence-electron chi connectivity index (χ4n) is 1.57. The van der Waals surface area contributed by atoms with Gasteiger partial charge in [0, 0.05) is 0 Å². The molecular formula is C8H15NO6. The molecule has 1 rings (SSSR count). The van der Waals surface area contributed by atoms with Crippen LogP contribution in [0.25, 0.3) is 0 Å². The normalized spacial score (nSPS) is 41.5. The zero-order chi connectivity index (χ0) is 11.6. The molecule has 0 bridgehead atoms. The monoisotopic (exact) mass is 221 g/mol. The van der Waals surface area contributed by atoms with Gasteiger partial charge in [0.2, 0.25) is 0 Å². The summed E-state index contributed by atoms with van der Waals surface area (Å²) in [6, 6.07) is -0.973. The number of aliphatic carboxylic acids is 1. The summed E-state index contributed by atoms with van der Waals surface area (Å²) < 4.78 is 5.08. The molecule has 1 aliphatic rings. The van der Waals surface area contributed by atoms with Crippen LogP contribution in [0.15, 0.2) is 0 Å². The standard InChI is InChI=1S/C8H15NO6/c9-6-3(1-5(11)12)15-4(2-10)7(13)8(6)14/h3-4,6-8,10,13-14H,1-2,9H2,(H,11,12)/t3-,4+,6?,7?,8+/m0/s1. The van der Waals surface area contributed by atoms with E-state index in [1.807, 2.05) is 0 Å². The van der Waals surface area contributed by atoms with Gasteiger partial charge in [-0.1, -0.05) is 0 Å². The van der Waals surface area contributed by atoms with Gasteiger partial charge in [-0.25, -0.2) is 0 Å². The molecule has 7 nitrogen and oxygen atoms in total. The second-order valence-corrected chi connectivity index (χ2v) is 3.55. The predicted molar refractivity (Wildman–Crippen MR) is 48.0 cm³/mol. The van der Waals surface area contributed by atoms with Crippen molar-refractivity contribution >= 4 is 5.97 Å². The maximum atomic E-state index is 10.5. The van der Waals surface area contributed by atoms with Crippen molar-refractivity contribution in [2.45, 2.75) is 36.9 Å². The molecule has 1 fully saturated rings. The fraction of sp³-hybridized carbons (Fsp3) is 0.875. The molecule has 5 atom stereocenters. The highest BCUT2D eigenvalue weighted by atomic mass is 16.5. The quantitative estimate of drug-likeness (QED) is 0.349. The molecule has 1 heterocycles. The molecular weight excluding hydrogens is 206 g/mol. The molecule has 0 aliphatic carbocycles. The molecule has 88 valence electrons. The number of ether oxygens (including phenoxy) is 1. The highest BCUT2D eigenvalue weighted by Crippen LogP contribution is 2.21. The number of aliphatic hydroxyl groups excluding tert-OH is 3. The SMILES string of the molecule is NC1[C@@H](O)C(O)[C@@H](CO)O[C@H]1CC(=O)O. The number of carbonyl (C=O) groups is 1. The Kier molecular flexibility index (Phi) is 4.00. The molecule has 0 radical (unpaired) electrons. The Labute approximate surface area is 86.1 Å². The lowest BCUT2D eigenvalue weighted by molar-refractivity contribution is -0.193. The van der Waals surface area contributed by atoms with Crippen LogP contribution < -0.4 is 5.73 Å². The number of aliphatic hydroxyl groups is 3. The Morgan fingerprint density at radius 2 is 1.87 bits per heavy atom. The van der Waals surface area contributed by atoms with E-state index in [9.17, 15) is 15.0 Å². The predicted octanol–water partition coefficient (Wildman–Crippen LogP) is -2.73. The largest absolute Gasteiger partial charge is 0.481 e. The lowest BCUT2D eigenvalue weighted by Crippen LogP contribution is -2.62. The number of nitrogens with two attached hydrogens (primary N) is 1.